The molecule has 8 heteroatoms. The van der Waals surface area contributed by atoms with Crippen LogP contribution in [0.1, 0.15) is 47.7 Å². The summed E-state index contributed by atoms with van der Waals surface area (Å²) in [4.78, 5) is 32.6. The van der Waals surface area contributed by atoms with Crippen LogP contribution >= 0.6 is 23.1 Å². The van der Waals surface area contributed by atoms with Crippen molar-refractivity contribution in [3.63, 3.8) is 0 Å². The summed E-state index contributed by atoms with van der Waals surface area (Å²) in [7, 11) is 1.62. The van der Waals surface area contributed by atoms with Crippen LogP contribution in [0.3, 0.4) is 0 Å². The van der Waals surface area contributed by atoms with E-state index in [9.17, 15) is 9.59 Å². The Morgan fingerprint density at radius 2 is 2.10 bits per heavy atom. The van der Waals surface area contributed by atoms with Gasteiger partial charge in [-0.15, -0.1) is 11.3 Å². The molecule has 1 aliphatic rings. The maximum Gasteiger partial charge on any atom is 0.263 e. The summed E-state index contributed by atoms with van der Waals surface area (Å²) < 4.78 is 7.08. The number of ether oxygens (including phenoxy) is 1. The SMILES string of the molecule is COc1cccc(CNC(=O)CSc2nc3sc(C)c(C)c3c(=O)n2C2CCCC2)c1. The molecule has 0 saturated heterocycles. The third-order valence-electron chi connectivity index (χ3n) is 5.85. The summed E-state index contributed by atoms with van der Waals surface area (Å²) in [5.41, 5.74) is 2.04. The molecule has 0 unspecified atom stereocenters. The van der Waals surface area contributed by atoms with Crippen LogP contribution in [0.4, 0.5) is 0 Å². The molecule has 1 aliphatic carbocycles. The summed E-state index contributed by atoms with van der Waals surface area (Å²) >= 11 is 2.90. The first-order valence-corrected chi connectivity index (χ1v) is 12.3. The van der Waals surface area contributed by atoms with Crippen LogP contribution in [-0.2, 0) is 11.3 Å². The van der Waals surface area contributed by atoms with Crippen LogP contribution in [0.25, 0.3) is 10.2 Å². The highest BCUT2D eigenvalue weighted by atomic mass is 32.2. The molecule has 2 heterocycles. The number of carbonyl (C=O) groups excluding carboxylic acids is 1. The van der Waals surface area contributed by atoms with Crippen LogP contribution in [0.15, 0.2) is 34.2 Å². The van der Waals surface area contributed by atoms with Crippen LogP contribution in [0, 0.1) is 13.8 Å². The number of aromatic nitrogens is 2. The molecular weight excluding hydrogens is 430 g/mol. The molecule has 3 aromatic rings. The van der Waals surface area contributed by atoms with Crippen molar-refractivity contribution >= 4 is 39.2 Å². The van der Waals surface area contributed by atoms with E-state index in [0.29, 0.717) is 11.7 Å². The van der Waals surface area contributed by atoms with Crippen molar-refractivity contribution in [2.24, 2.45) is 0 Å². The lowest BCUT2D eigenvalue weighted by Crippen LogP contribution is -2.28. The number of hydrogen-bond acceptors (Lipinski definition) is 6. The average Bonchev–Trinajstić information content (AvgIpc) is 3.39. The molecule has 1 fully saturated rings. The molecular formula is C23H27N3O3S2. The number of nitrogens with one attached hydrogen (secondary N) is 1. The van der Waals surface area contributed by atoms with Gasteiger partial charge in [0, 0.05) is 17.5 Å². The Bertz CT molecular complexity index is 1160. The zero-order valence-corrected chi connectivity index (χ0v) is 19.7. The Kier molecular flexibility index (Phi) is 6.67. The fourth-order valence-electron chi connectivity index (χ4n) is 4.04. The van der Waals surface area contributed by atoms with Gasteiger partial charge in [0.25, 0.3) is 5.56 Å². The second-order valence-electron chi connectivity index (χ2n) is 7.89. The van der Waals surface area contributed by atoms with Crippen LogP contribution in [0.5, 0.6) is 5.75 Å². The van der Waals surface area contributed by atoms with Gasteiger partial charge in [-0.1, -0.05) is 36.7 Å². The highest BCUT2D eigenvalue weighted by molar-refractivity contribution is 7.99. The van der Waals surface area contributed by atoms with Crippen molar-refractivity contribution in [1.29, 1.82) is 0 Å². The number of benzene rings is 1. The van der Waals surface area contributed by atoms with Gasteiger partial charge < -0.3 is 10.1 Å². The molecule has 1 saturated carbocycles. The van der Waals surface area contributed by atoms with Gasteiger partial charge >= 0.3 is 0 Å². The molecule has 1 amide bonds. The number of thiophene rings is 1. The Morgan fingerprint density at radius 1 is 1.32 bits per heavy atom. The molecule has 0 spiro atoms. The molecule has 0 radical (unpaired) electrons. The minimum Gasteiger partial charge on any atom is -0.497 e. The minimum absolute atomic E-state index is 0.0399. The number of hydrogen-bond donors (Lipinski definition) is 1. The van der Waals surface area contributed by atoms with E-state index < -0.39 is 0 Å². The summed E-state index contributed by atoms with van der Waals surface area (Å²) in [6.07, 6.45) is 4.24. The molecule has 31 heavy (non-hydrogen) atoms. The molecule has 0 aliphatic heterocycles. The first kappa shape index (κ1) is 21.9. The standard InChI is InChI=1S/C23H27N3O3S2/c1-14-15(2)31-21-20(14)22(28)26(17-8-4-5-9-17)23(25-21)30-13-19(27)24-12-16-7-6-10-18(11-16)29-3/h6-7,10-11,17H,4-5,8-9,12-13H2,1-3H3,(H,24,27). The van der Waals surface area contributed by atoms with Gasteiger partial charge in [0.1, 0.15) is 10.6 Å². The first-order chi connectivity index (χ1) is 15.0. The highest BCUT2D eigenvalue weighted by Crippen LogP contribution is 2.34. The lowest BCUT2D eigenvalue weighted by atomic mass is 10.2. The van der Waals surface area contributed by atoms with Gasteiger partial charge in [0.15, 0.2) is 5.16 Å². The summed E-state index contributed by atoms with van der Waals surface area (Å²) in [6.45, 7) is 4.46. The number of amides is 1. The van der Waals surface area contributed by atoms with Crippen molar-refractivity contribution < 1.29 is 9.53 Å². The quantitative estimate of drug-likeness (QED) is 0.414. The maximum absolute atomic E-state index is 13.4. The maximum atomic E-state index is 13.4. The second-order valence-corrected chi connectivity index (χ2v) is 10.0. The average molecular weight is 458 g/mol. The first-order valence-electron chi connectivity index (χ1n) is 10.5. The zero-order chi connectivity index (χ0) is 22.0. The number of fused-ring (bicyclic) bond motifs is 1. The largest absolute Gasteiger partial charge is 0.497 e. The molecule has 0 bridgehead atoms. The number of carbonyl (C=O) groups is 1. The summed E-state index contributed by atoms with van der Waals surface area (Å²) in [5.74, 6) is 0.900. The predicted octanol–water partition coefficient (Wildman–Crippen LogP) is 4.61. The van der Waals surface area contributed by atoms with Gasteiger partial charge in [-0.25, -0.2) is 4.98 Å². The Morgan fingerprint density at radius 3 is 2.84 bits per heavy atom. The van der Waals surface area contributed by atoms with E-state index in [-0.39, 0.29) is 23.3 Å². The summed E-state index contributed by atoms with van der Waals surface area (Å²) in [6, 6.07) is 7.80. The van der Waals surface area contributed by atoms with Crippen LogP contribution < -0.4 is 15.6 Å². The number of nitrogens with zero attached hydrogens (tertiary/aromatic N) is 2. The van der Waals surface area contributed by atoms with E-state index >= 15 is 0 Å². The molecule has 164 valence electrons. The lowest BCUT2D eigenvalue weighted by molar-refractivity contribution is -0.118. The number of thioether (sulfide) groups is 1. The van der Waals surface area contributed by atoms with Crippen molar-refractivity contribution in [1.82, 2.24) is 14.9 Å². The van der Waals surface area contributed by atoms with Crippen LogP contribution in [-0.4, -0.2) is 28.3 Å². The van der Waals surface area contributed by atoms with Crippen molar-refractivity contribution in [3.8, 4) is 5.75 Å². The van der Waals surface area contributed by atoms with E-state index in [1.165, 1.54) is 11.8 Å². The third-order valence-corrected chi connectivity index (χ3v) is 7.90. The van der Waals surface area contributed by atoms with Crippen LogP contribution in [0.2, 0.25) is 0 Å². The van der Waals surface area contributed by atoms with Gasteiger partial charge in [-0.3, -0.25) is 14.2 Å². The Hall–Kier alpha value is -2.32. The molecule has 4 rings (SSSR count). The van der Waals surface area contributed by atoms with E-state index in [1.54, 1.807) is 18.4 Å². The Labute approximate surface area is 190 Å². The molecule has 2 aromatic heterocycles. The van der Waals surface area contributed by atoms with E-state index in [0.717, 1.165) is 57.7 Å². The zero-order valence-electron chi connectivity index (χ0n) is 18.1. The van der Waals surface area contributed by atoms with E-state index in [4.69, 9.17) is 9.72 Å². The lowest BCUT2D eigenvalue weighted by Gasteiger charge is -2.18. The van der Waals surface area contributed by atoms with Crippen molar-refractivity contribution in [3.05, 3.63) is 50.6 Å². The monoisotopic (exact) mass is 457 g/mol. The molecule has 1 N–H and O–H groups in total. The third kappa shape index (κ3) is 4.65. The van der Waals surface area contributed by atoms with Crippen molar-refractivity contribution in [2.45, 2.75) is 57.3 Å². The fourth-order valence-corrected chi connectivity index (χ4v) is 6.00. The second kappa shape index (κ2) is 9.44. The molecule has 1 aromatic carbocycles. The van der Waals surface area contributed by atoms with Gasteiger partial charge in [-0.2, -0.15) is 0 Å². The highest BCUT2D eigenvalue weighted by Gasteiger charge is 2.25. The van der Waals surface area contributed by atoms with Gasteiger partial charge in [0.2, 0.25) is 5.91 Å². The van der Waals surface area contributed by atoms with E-state index in [1.807, 2.05) is 42.7 Å². The predicted molar refractivity (Wildman–Crippen MR) is 126 cm³/mol. The fraction of sp³-hybridized carbons (Fsp3) is 0.435. The smallest absolute Gasteiger partial charge is 0.263 e. The molecule has 0 atom stereocenters. The van der Waals surface area contributed by atoms with Gasteiger partial charge in [0.05, 0.1) is 18.2 Å². The number of aryl methyl sites for hydroxylation is 2. The van der Waals surface area contributed by atoms with Gasteiger partial charge in [-0.05, 0) is 49.9 Å². The minimum atomic E-state index is -0.0846. The number of methoxy groups -OCH3 is 1. The van der Waals surface area contributed by atoms with Crippen molar-refractivity contribution in [2.75, 3.05) is 12.9 Å². The molecule has 6 nitrogen and oxygen atoms in total. The summed E-state index contributed by atoms with van der Waals surface area (Å²) in [5, 5.41) is 4.34. The normalized spacial score (nSPS) is 14.3. The number of rotatable bonds is 7. The Balaban J connectivity index is 1.52. The topological polar surface area (TPSA) is 73.2 Å². The van der Waals surface area contributed by atoms with E-state index in [2.05, 4.69) is 5.32 Å².